The highest BCUT2D eigenvalue weighted by molar-refractivity contribution is 7.19. The van der Waals surface area contributed by atoms with Crippen LogP contribution in [0.5, 0.6) is 0 Å². The highest BCUT2D eigenvalue weighted by Gasteiger charge is 2.35. The lowest BCUT2D eigenvalue weighted by Gasteiger charge is -2.18. The molecule has 2 aliphatic rings. The number of nitro groups is 1. The summed E-state index contributed by atoms with van der Waals surface area (Å²) >= 11 is 0.921. The van der Waals surface area contributed by atoms with Gasteiger partial charge in [-0.25, -0.2) is 0 Å². The number of aliphatic hydroxyl groups excluding tert-OH is 2. The maximum Gasteiger partial charge on any atom is 0.369 e. The second-order valence-corrected chi connectivity index (χ2v) is 8.59. The Hall–Kier alpha value is -3.01. The predicted octanol–water partition coefficient (Wildman–Crippen LogP) is 3.19. The molecule has 154 valence electrons. The van der Waals surface area contributed by atoms with Crippen molar-refractivity contribution in [2.45, 2.75) is 37.1 Å². The number of aliphatic hydroxyl groups is 2. The third-order valence-electron chi connectivity index (χ3n) is 5.75. The van der Waals surface area contributed by atoms with Crippen molar-refractivity contribution >= 4 is 27.3 Å². The minimum absolute atomic E-state index is 0.119. The van der Waals surface area contributed by atoms with Gasteiger partial charge in [0.1, 0.15) is 0 Å². The molecule has 4 atom stereocenters. The third kappa shape index (κ3) is 3.20. The van der Waals surface area contributed by atoms with Gasteiger partial charge < -0.3 is 20.8 Å². The number of benzene rings is 2. The molecule has 0 unspecified atom stereocenters. The van der Waals surface area contributed by atoms with Gasteiger partial charge in [-0.1, -0.05) is 48.5 Å². The second kappa shape index (κ2) is 7.35. The highest BCUT2D eigenvalue weighted by atomic mass is 32.1. The molecule has 9 heteroatoms. The number of anilines is 2. The summed E-state index contributed by atoms with van der Waals surface area (Å²) in [5.41, 5.74) is 3.96. The number of hydrogen-bond acceptors (Lipinski definition) is 8. The fourth-order valence-electron chi connectivity index (χ4n) is 4.37. The average molecular weight is 424 g/mol. The van der Waals surface area contributed by atoms with E-state index in [9.17, 15) is 20.3 Å². The molecule has 0 fully saturated rings. The number of hydrogen-bond donors (Lipinski definition) is 4. The lowest BCUT2D eigenvalue weighted by molar-refractivity contribution is -0.379. The van der Waals surface area contributed by atoms with Crippen LogP contribution in [-0.2, 0) is 12.8 Å². The van der Waals surface area contributed by atoms with E-state index in [1.54, 1.807) is 0 Å². The van der Waals surface area contributed by atoms with Crippen LogP contribution in [0.2, 0.25) is 0 Å². The van der Waals surface area contributed by atoms with Gasteiger partial charge in [-0.05, 0) is 33.6 Å². The number of nitrogens with one attached hydrogen (secondary N) is 2. The summed E-state index contributed by atoms with van der Waals surface area (Å²) in [4.78, 5) is 15.6. The molecule has 2 aliphatic carbocycles. The zero-order valence-corrected chi connectivity index (χ0v) is 16.7. The van der Waals surface area contributed by atoms with Crippen molar-refractivity contribution in [2.75, 3.05) is 10.6 Å². The molecule has 1 heterocycles. The van der Waals surface area contributed by atoms with Crippen molar-refractivity contribution in [3.8, 4) is 0 Å². The van der Waals surface area contributed by atoms with Gasteiger partial charge in [0.05, 0.1) is 29.2 Å². The molecule has 4 N–H and O–H groups in total. The summed E-state index contributed by atoms with van der Waals surface area (Å²) in [6, 6.07) is 14.5. The van der Waals surface area contributed by atoms with Crippen molar-refractivity contribution in [1.82, 2.24) is 4.98 Å². The monoisotopic (exact) mass is 424 g/mol. The quantitative estimate of drug-likeness (QED) is 0.367. The van der Waals surface area contributed by atoms with Crippen molar-refractivity contribution in [3.05, 3.63) is 80.9 Å². The van der Waals surface area contributed by atoms with Gasteiger partial charge in [-0.15, -0.1) is 0 Å². The Kier molecular flexibility index (Phi) is 4.65. The largest absolute Gasteiger partial charge is 0.390 e. The second-order valence-electron chi connectivity index (χ2n) is 7.61. The van der Waals surface area contributed by atoms with E-state index in [4.69, 9.17) is 0 Å². The predicted molar refractivity (Wildman–Crippen MR) is 114 cm³/mol. The third-order valence-corrected chi connectivity index (χ3v) is 6.69. The van der Waals surface area contributed by atoms with Gasteiger partial charge in [0.2, 0.25) is 5.82 Å². The van der Waals surface area contributed by atoms with Crippen LogP contribution in [0, 0.1) is 10.1 Å². The van der Waals surface area contributed by atoms with E-state index >= 15 is 0 Å². The smallest absolute Gasteiger partial charge is 0.369 e. The van der Waals surface area contributed by atoms with Crippen LogP contribution >= 0.6 is 11.3 Å². The van der Waals surface area contributed by atoms with Gasteiger partial charge in [-0.3, -0.25) is 10.1 Å². The molecule has 2 aromatic carbocycles. The van der Waals surface area contributed by atoms with Crippen molar-refractivity contribution in [3.63, 3.8) is 0 Å². The average Bonchev–Trinajstić information content (AvgIpc) is 3.37. The molecule has 0 amide bonds. The number of rotatable bonds is 5. The first kappa shape index (κ1) is 19.0. The van der Waals surface area contributed by atoms with Crippen LogP contribution in [0.4, 0.5) is 16.0 Å². The normalized spacial score (nSPS) is 24.3. The molecule has 5 rings (SSSR count). The van der Waals surface area contributed by atoms with E-state index in [2.05, 4.69) is 15.6 Å². The molecule has 1 aromatic heterocycles. The number of fused-ring (bicyclic) bond motifs is 2. The van der Waals surface area contributed by atoms with Crippen molar-refractivity contribution < 1.29 is 15.1 Å². The Morgan fingerprint density at radius 1 is 0.933 bits per heavy atom. The summed E-state index contributed by atoms with van der Waals surface area (Å²) in [7, 11) is 0. The Morgan fingerprint density at radius 2 is 1.47 bits per heavy atom. The van der Waals surface area contributed by atoms with Gasteiger partial charge in [0.25, 0.3) is 0 Å². The molecule has 30 heavy (non-hydrogen) atoms. The molecular weight excluding hydrogens is 404 g/mol. The molecule has 0 saturated carbocycles. The zero-order valence-electron chi connectivity index (χ0n) is 15.9. The van der Waals surface area contributed by atoms with E-state index < -0.39 is 23.2 Å². The van der Waals surface area contributed by atoms with E-state index in [-0.39, 0.29) is 16.9 Å². The summed E-state index contributed by atoms with van der Waals surface area (Å²) in [5.74, 6) is 0.119. The van der Waals surface area contributed by atoms with Crippen LogP contribution in [0.3, 0.4) is 0 Å². The fourth-order valence-corrected chi connectivity index (χ4v) is 5.15. The number of thiazole rings is 1. The van der Waals surface area contributed by atoms with E-state index in [0.29, 0.717) is 18.0 Å². The van der Waals surface area contributed by atoms with E-state index in [1.165, 1.54) is 0 Å². The fraction of sp³-hybridized carbons (Fsp3) is 0.286. The molecule has 8 nitrogen and oxygen atoms in total. The zero-order chi connectivity index (χ0) is 20.8. The minimum Gasteiger partial charge on any atom is -0.390 e. The Labute approximate surface area is 176 Å². The Bertz CT molecular complexity index is 1120. The number of aromatic nitrogens is 1. The first-order chi connectivity index (χ1) is 14.5. The van der Waals surface area contributed by atoms with E-state index in [0.717, 1.165) is 33.6 Å². The first-order valence-corrected chi connectivity index (χ1v) is 10.5. The molecular formula is C21H20N4O4S. The lowest BCUT2D eigenvalue weighted by Crippen LogP contribution is -2.22. The van der Waals surface area contributed by atoms with Crippen LogP contribution < -0.4 is 10.6 Å². The summed E-state index contributed by atoms with van der Waals surface area (Å²) in [6.07, 6.45) is -0.312. The Morgan fingerprint density at radius 3 is 2.03 bits per heavy atom. The van der Waals surface area contributed by atoms with Gasteiger partial charge in [-0.2, -0.15) is 4.98 Å². The molecule has 0 saturated heterocycles. The van der Waals surface area contributed by atoms with E-state index in [1.807, 2.05) is 48.5 Å². The van der Waals surface area contributed by atoms with Gasteiger partial charge in [0.15, 0.2) is 5.13 Å². The maximum atomic E-state index is 11.6. The maximum absolute atomic E-state index is 11.6. The Balaban J connectivity index is 1.43. The van der Waals surface area contributed by atoms with Gasteiger partial charge >= 0.3 is 5.00 Å². The summed E-state index contributed by atoms with van der Waals surface area (Å²) in [6.45, 7) is 0. The molecule has 3 aromatic rings. The first-order valence-electron chi connectivity index (χ1n) is 9.71. The topological polar surface area (TPSA) is 121 Å². The summed E-state index contributed by atoms with van der Waals surface area (Å²) in [5, 5.41) is 39.0. The minimum atomic E-state index is -0.691. The van der Waals surface area contributed by atoms with Crippen molar-refractivity contribution in [1.29, 1.82) is 0 Å². The van der Waals surface area contributed by atoms with Crippen LogP contribution in [-0.4, -0.2) is 32.3 Å². The van der Waals surface area contributed by atoms with Gasteiger partial charge in [0, 0.05) is 12.8 Å². The number of nitrogens with zero attached hydrogens (tertiary/aromatic N) is 2. The van der Waals surface area contributed by atoms with Crippen LogP contribution in [0.25, 0.3) is 0 Å². The van der Waals surface area contributed by atoms with Crippen LogP contribution in [0.1, 0.15) is 34.3 Å². The SMILES string of the molecule is O=[N+]([O-])c1sc(N[C@H]2c3ccccc3C[C@H]2O)nc1N[C@H]1c2ccccc2C[C@H]1O. The lowest BCUT2D eigenvalue weighted by atomic mass is 10.1. The molecule has 0 radical (unpaired) electrons. The van der Waals surface area contributed by atoms with Crippen molar-refractivity contribution in [2.24, 2.45) is 0 Å². The summed E-state index contributed by atoms with van der Waals surface area (Å²) < 4.78 is 0. The molecule has 0 aliphatic heterocycles. The molecule has 0 spiro atoms. The molecule has 0 bridgehead atoms. The van der Waals surface area contributed by atoms with Crippen LogP contribution in [0.15, 0.2) is 48.5 Å². The standard InChI is InChI=1S/C21H20N4O4S/c26-15-9-11-5-1-3-7-13(11)17(15)22-19-20(25(28)29)30-21(24-19)23-18-14-8-4-2-6-12(14)10-16(18)27/h1-8,15-18,22,26-27H,9-10H2,(H,23,24)/t15-,16-,17+,18+/m1/s1. The highest BCUT2D eigenvalue weighted by Crippen LogP contribution is 2.42.